The van der Waals surface area contributed by atoms with Crippen molar-refractivity contribution in [2.45, 2.75) is 32.6 Å². The molecule has 0 fully saturated rings. The molecule has 0 unspecified atom stereocenters. The van der Waals surface area contributed by atoms with Gasteiger partial charge in [0.15, 0.2) is 0 Å². The Hall–Kier alpha value is -2.34. The number of aryl methyl sites for hydroxylation is 2. The van der Waals surface area contributed by atoms with Crippen LogP contribution in [-0.2, 0) is 10.0 Å². The fraction of sp³-hybridized carbons (Fsp3) is 0.316. The fourth-order valence-electron chi connectivity index (χ4n) is 2.37. The van der Waals surface area contributed by atoms with Gasteiger partial charge >= 0.3 is 0 Å². The van der Waals surface area contributed by atoms with Crippen LogP contribution in [0.2, 0.25) is 0 Å². The van der Waals surface area contributed by atoms with Gasteiger partial charge in [-0.15, -0.1) is 0 Å². The van der Waals surface area contributed by atoms with E-state index in [1.54, 1.807) is 12.1 Å². The topological polar surface area (TPSA) is 75.3 Å². The van der Waals surface area contributed by atoms with Crippen LogP contribution in [-0.4, -0.2) is 20.9 Å². The summed E-state index contributed by atoms with van der Waals surface area (Å²) in [5.74, 6) is 0.0411. The Morgan fingerprint density at radius 1 is 1.04 bits per heavy atom. The van der Waals surface area contributed by atoms with Gasteiger partial charge in [0.25, 0.3) is 15.9 Å². The highest BCUT2D eigenvalue weighted by Gasteiger charge is 2.18. The Kier molecular flexibility index (Phi) is 5.85. The molecule has 25 heavy (non-hydrogen) atoms. The molecular formula is C19H24N2O3S. The number of rotatable bonds is 6. The van der Waals surface area contributed by atoms with Crippen LogP contribution in [0.4, 0.5) is 5.69 Å². The van der Waals surface area contributed by atoms with E-state index in [0.717, 1.165) is 11.1 Å². The number of hydrogen-bond donors (Lipinski definition) is 2. The first kappa shape index (κ1) is 19.0. The van der Waals surface area contributed by atoms with Crippen LogP contribution >= 0.6 is 0 Å². The lowest BCUT2D eigenvalue weighted by Gasteiger charge is -2.14. The van der Waals surface area contributed by atoms with E-state index in [4.69, 9.17) is 0 Å². The largest absolute Gasteiger partial charge is 0.352 e. The molecule has 0 radical (unpaired) electrons. The molecule has 0 aromatic heterocycles. The molecule has 0 saturated carbocycles. The lowest BCUT2D eigenvalue weighted by atomic mass is 10.1. The van der Waals surface area contributed by atoms with Crippen molar-refractivity contribution in [3.8, 4) is 0 Å². The third kappa shape index (κ3) is 4.82. The van der Waals surface area contributed by atoms with Crippen molar-refractivity contribution >= 4 is 21.6 Å². The number of carbonyl (C=O) groups excluding carboxylic acids is 1. The number of benzene rings is 2. The number of nitrogens with one attached hydrogen (secondary N) is 2. The van der Waals surface area contributed by atoms with Crippen molar-refractivity contribution in [2.24, 2.45) is 5.92 Å². The van der Waals surface area contributed by atoms with E-state index in [-0.39, 0.29) is 10.8 Å². The van der Waals surface area contributed by atoms with Crippen LogP contribution < -0.4 is 10.0 Å². The minimum Gasteiger partial charge on any atom is -0.352 e. The summed E-state index contributed by atoms with van der Waals surface area (Å²) in [6.45, 7) is 8.23. The number of anilines is 1. The number of carbonyl (C=O) groups is 1. The maximum absolute atomic E-state index is 12.7. The van der Waals surface area contributed by atoms with Crippen LogP contribution in [0.3, 0.4) is 0 Å². The third-order valence-corrected chi connectivity index (χ3v) is 5.14. The molecule has 0 atom stereocenters. The molecule has 0 spiro atoms. The Morgan fingerprint density at radius 3 is 2.24 bits per heavy atom. The van der Waals surface area contributed by atoms with Crippen molar-refractivity contribution in [2.75, 3.05) is 11.3 Å². The molecule has 0 heterocycles. The third-order valence-electron chi connectivity index (χ3n) is 3.79. The van der Waals surface area contributed by atoms with E-state index >= 15 is 0 Å². The van der Waals surface area contributed by atoms with Crippen LogP contribution in [0, 0.1) is 19.8 Å². The molecule has 5 nitrogen and oxygen atoms in total. The predicted octanol–water partition coefficient (Wildman–Crippen LogP) is 3.49. The first-order valence-corrected chi connectivity index (χ1v) is 9.66. The summed E-state index contributed by atoms with van der Waals surface area (Å²) in [5, 5.41) is 2.79. The molecule has 0 aliphatic carbocycles. The second-order valence-corrected chi connectivity index (χ2v) is 8.19. The van der Waals surface area contributed by atoms with Gasteiger partial charge in [0, 0.05) is 12.1 Å². The van der Waals surface area contributed by atoms with Gasteiger partial charge in [-0.2, -0.15) is 0 Å². The normalized spacial score (nSPS) is 11.4. The second-order valence-electron chi connectivity index (χ2n) is 6.50. The van der Waals surface area contributed by atoms with Gasteiger partial charge in [-0.1, -0.05) is 38.1 Å². The first-order valence-electron chi connectivity index (χ1n) is 8.18. The summed E-state index contributed by atoms with van der Waals surface area (Å²) >= 11 is 0. The zero-order valence-electron chi connectivity index (χ0n) is 15.0. The minimum atomic E-state index is -3.78. The zero-order chi connectivity index (χ0) is 18.6. The van der Waals surface area contributed by atoms with Gasteiger partial charge in [-0.3, -0.25) is 9.52 Å². The van der Waals surface area contributed by atoms with Gasteiger partial charge in [0.1, 0.15) is 0 Å². The highest BCUT2D eigenvalue weighted by molar-refractivity contribution is 7.92. The molecule has 0 aliphatic heterocycles. The first-order chi connectivity index (χ1) is 11.7. The standard InChI is InChI=1S/C19H24N2O3S/c1-13(2)12-20-19(22)16-9-6-10-17(11-16)25(23,24)21-18-14(3)7-5-8-15(18)4/h5-11,13,21H,12H2,1-4H3,(H,20,22). The van der Waals surface area contributed by atoms with Gasteiger partial charge < -0.3 is 5.32 Å². The number of hydrogen-bond acceptors (Lipinski definition) is 3. The van der Waals surface area contributed by atoms with E-state index in [1.165, 1.54) is 12.1 Å². The molecule has 0 saturated heterocycles. The zero-order valence-corrected chi connectivity index (χ0v) is 15.8. The molecule has 6 heteroatoms. The molecule has 2 aromatic carbocycles. The Labute approximate surface area is 149 Å². The van der Waals surface area contributed by atoms with Crippen LogP contribution in [0.25, 0.3) is 0 Å². The summed E-state index contributed by atoms with van der Waals surface area (Å²) in [7, 11) is -3.78. The van der Waals surface area contributed by atoms with Crippen LogP contribution in [0.1, 0.15) is 35.3 Å². The molecular weight excluding hydrogens is 336 g/mol. The SMILES string of the molecule is Cc1cccc(C)c1NS(=O)(=O)c1cccc(C(=O)NCC(C)C)c1. The molecule has 1 amide bonds. The summed E-state index contributed by atoms with van der Waals surface area (Å²) in [6.07, 6.45) is 0. The Bertz CT molecular complexity index is 854. The average molecular weight is 360 g/mol. The summed E-state index contributed by atoms with van der Waals surface area (Å²) in [4.78, 5) is 12.2. The molecule has 0 bridgehead atoms. The molecule has 2 N–H and O–H groups in total. The molecule has 0 aliphatic rings. The molecule has 134 valence electrons. The lowest BCUT2D eigenvalue weighted by Crippen LogP contribution is -2.27. The Morgan fingerprint density at radius 2 is 1.64 bits per heavy atom. The van der Waals surface area contributed by atoms with E-state index in [9.17, 15) is 13.2 Å². The quantitative estimate of drug-likeness (QED) is 0.828. The number of sulfonamides is 1. The maximum Gasteiger partial charge on any atom is 0.261 e. The summed E-state index contributed by atoms with van der Waals surface area (Å²) in [6, 6.07) is 11.6. The highest BCUT2D eigenvalue weighted by Crippen LogP contribution is 2.23. The van der Waals surface area contributed by atoms with Gasteiger partial charge in [-0.05, 0) is 49.1 Å². The van der Waals surface area contributed by atoms with E-state index in [2.05, 4.69) is 10.0 Å². The average Bonchev–Trinajstić information content (AvgIpc) is 2.56. The van der Waals surface area contributed by atoms with E-state index < -0.39 is 10.0 Å². The van der Waals surface area contributed by atoms with Crippen molar-refractivity contribution in [3.05, 3.63) is 59.2 Å². The Balaban J connectivity index is 2.28. The van der Waals surface area contributed by atoms with Gasteiger partial charge in [-0.25, -0.2) is 8.42 Å². The van der Waals surface area contributed by atoms with E-state index in [0.29, 0.717) is 23.7 Å². The van der Waals surface area contributed by atoms with E-state index in [1.807, 2.05) is 45.9 Å². The summed E-state index contributed by atoms with van der Waals surface area (Å²) < 4.78 is 28.0. The maximum atomic E-state index is 12.7. The lowest BCUT2D eigenvalue weighted by molar-refractivity contribution is 0.0949. The minimum absolute atomic E-state index is 0.0624. The van der Waals surface area contributed by atoms with Gasteiger partial charge in [0.05, 0.1) is 10.6 Å². The van der Waals surface area contributed by atoms with Crippen molar-refractivity contribution in [1.29, 1.82) is 0 Å². The smallest absolute Gasteiger partial charge is 0.261 e. The van der Waals surface area contributed by atoms with Crippen molar-refractivity contribution < 1.29 is 13.2 Å². The highest BCUT2D eigenvalue weighted by atomic mass is 32.2. The number of para-hydroxylation sites is 1. The van der Waals surface area contributed by atoms with Crippen LogP contribution in [0.15, 0.2) is 47.4 Å². The predicted molar refractivity (Wildman–Crippen MR) is 100 cm³/mol. The van der Waals surface area contributed by atoms with Gasteiger partial charge in [0.2, 0.25) is 0 Å². The van der Waals surface area contributed by atoms with Crippen LogP contribution in [0.5, 0.6) is 0 Å². The molecule has 2 aromatic rings. The number of amides is 1. The van der Waals surface area contributed by atoms with Crippen molar-refractivity contribution in [3.63, 3.8) is 0 Å². The fourth-order valence-corrected chi connectivity index (χ4v) is 3.62. The summed E-state index contributed by atoms with van der Waals surface area (Å²) in [5.41, 5.74) is 2.58. The van der Waals surface area contributed by atoms with Crippen molar-refractivity contribution in [1.82, 2.24) is 5.32 Å². The second kappa shape index (κ2) is 7.70. The molecule has 2 rings (SSSR count). The monoisotopic (exact) mass is 360 g/mol.